The summed E-state index contributed by atoms with van der Waals surface area (Å²) in [4.78, 5) is 0. The summed E-state index contributed by atoms with van der Waals surface area (Å²) < 4.78 is 5.13. The number of benzene rings is 1. The van der Waals surface area contributed by atoms with Crippen LogP contribution in [0, 0.1) is 5.92 Å². The van der Waals surface area contributed by atoms with Gasteiger partial charge in [-0.15, -0.1) is 11.6 Å². The number of ether oxygens (including phenoxy) is 1. The average molecular weight is 254 g/mol. The van der Waals surface area contributed by atoms with Crippen molar-refractivity contribution < 1.29 is 4.74 Å². The fourth-order valence-corrected chi connectivity index (χ4v) is 2.66. The van der Waals surface area contributed by atoms with Crippen LogP contribution in [0.15, 0.2) is 24.3 Å². The fraction of sp³-hybridized carbons (Fsp3) is 0.571. The van der Waals surface area contributed by atoms with Crippen molar-refractivity contribution in [3.63, 3.8) is 0 Å². The number of methoxy groups -OCH3 is 1. The third-order valence-corrected chi connectivity index (χ3v) is 3.72. The molecule has 0 unspecified atom stereocenters. The lowest BCUT2D eigenvalue weighted by atomic mass is 9.85. The largest absolute Gasteiger partial charge is 0.497 e. The van der Waals surface area contributed by atoms with E-state index in [-0.39, 0.29) is 0 Å². The Morgan fingerprint density at radius 1 is 1.29 bits per heavy atom. The molecule has 0 aliphatic heterocycles. The summed E-state index contributed by atoms with van der Waals surface area (Å²) in [5.74, 6) is 1.72. The summed E-state index contributed by atoms with van der Waals surface area (Å²) in [6.07, 6.45) is 3.43. The Morgan fingerprint density at radius 3 is 2.59 bits per heavy atom. The first kappa shape index (κ1) is 12.7. The molecule has 2 rings (SSSR count). The van der Waals surface area contributed by atoms with Crippen LogP contribution in [0.1, 0.15) is 18.4 Å². The molecule has 0 heterocycles. The summed E-state index contributed by atoms with van der Waals surface area (Å²) in [7, 11) is 1.69. The van der Waals surface area contributed by atoms with E-state index in [0.717, 1.165) is 31.2 Å². The van der Waals surface area contributed by atoms with Gasteiger partial charge in [0.05, 0.1) is 7.11 Å². The molecule has 0 atom stereocenters. The Kier molecular flexibility index (Phi) is 4.69. The zero-order valence-electron chi connectivity index (χ0n) is 10.3. The smallest absolute Gasteiger partial charge is 0.118 e. The number of nitrogens with one attached hydrogen (secondary N) is 1. The number of hydrogen-bond acceptors (Lipinski definition) is 2. The minimum atomic E-state index is 0.434. The molecule has 1 saturated carbocycles. The van der Waals surface area contributed by atoms with Crippen LogP contribution in [0.4, 0.5) is 0 Å². The van der Waals surface area contributed by atoms with Gasteiger partial charge in [-0.2, -0.15) is 0 Å². The van der Waals surface area contributed by atoms with Crippen LogP contribution in [0.3, 0.4) is 0 Å². The second-order valence-corrected chi connectivity index (χ2v) is 5.35. The molecule has 17 heavy (non-hydrogen) atoms. The van der Waals surface area contributed by atoms with Gasteiger partial charge in [-0.3, -0.25) is 0 Å². The first-order valence-corrected chi connectivity index (χ1v) is 6.69. The van der Waals surface area contributed by atoms with E-state index in [0.29, 0.717) is 5.38 Å². The summed E-state index contributed by atoms with van der Waals surface area (Å²) in [6, 6.07) is 8.27. The van der Waals surface area contributed by atoms with Crippen molar-refractivity contribution in [3.8, 4) is 5.75 Å². The van der Waals surface area contributed by atoms with Crippen molar-refractivity contribution in [1.82, 2.24) is 5.32 Å². The maximum absolute atomic E-state index is 5.94. The predicted molar refractivity (Wildman–Crippen MR) is 71.9 cm³/mol. The monoisotopic (exact) mass is 253 g/mol. The van der Waals surface area contributed by atoms with Gasteiger partial charge in [0, 0.05) is 5.38 Å². The van der Waals surface area contributed by atoms with Crippen molar-refractivity contribution >= 4 is 11.6 Å². The van der Waals surface area contributed by atoms with E-state index in [1.54, 1.807) is 7.11 Å². The van der Waals surface area contributed by atoms with E-state index in [1.165, 1.54) is 18.4 Å². The lowest BCUT2D eigenvalue weighted by Gasteiger charge is -2.30. The lowest BCUT2D eigenvalue weighted by Crippen LogP contribution is -2.34. The highest BCUT2D eigenvalue weighted by molar-refractivity contribution is 6.21. The van der Waals surface area contributed by atoms with Gasteiger partial charge in [-0.05, 0) is 56.0 Å². The summed E-state index contributed by atoms with van der Waals surface area (Å²) in [5.41, 5.74) is 1.35. The molecule has 1 aliphatic rings. The Bertz CT molecular complexity index is 333. The SMILES string of the molecule is COc1ccc(CCNCC2CC(Cl)C2)cc1. The molecule has 1 aromatic carbocycles. The van der Waals surface area contributed by atoms with Crippen LogP contribution >= 0.6 is 11.6 Å². The maximum Gasteiger partial charge on any atom is 0.118 e. The first-order valence-electron chi connectivity index (χ1n) is 6.25. The van der Waals surface area contributed by atoms with Gasteiger partial charge >= 0.3 is 0 Å². The van der Waals surface area contributed by atoms with Crippen LogP contribution in [0.25, 0.3) is 0 Å². The van der Waals surface area contributed by atoms with Crippen molar-refractivity contribution in [2.24, 2.45) is 5.92 Å². The van der Waals surface area contributed by atoms with E-state index in [9.17, 15) is 0 Å². The number of halogens is 1. The van der Waals surface area contributed by atoms with Gasteiger partial charge < -0.3 is 10.1 Å². The highest BCUT2D eigenvalue weighted by Crippen LogP contribution is 2.30. The molecular formula is C14H20ClNO. The second-order valence-electron chi connectivity index (χ2n) is 4.74. The average Bonchev–Trinajstić information content (AvgIpc) is 2.32. The quantitative estimate of drug-likeness (QED) is 0.622. The van der Waals surface area contributed by atoms with Gasteiger partial charge in [-0.25, -0.2) is 0 Å². The molecule has 3 heteroatoms. The molecule has 0 bridgehead atoms. The van der Waals surface area contributed by atoms with E-state index in [2.05, 4.69) is 17.4 Å². The minimum absolute atomic E-state index is 0.434. The zero-order valence-corrected chi connectivity index (χ0v) is 11.0. The van der Waals surface area contributed by atoms with Crippen LogP contribution in [-0.2, 0) is 6.42 Å². The van der Waals surface area contributed by atoms with Crippen LogP contribution in [-0.4, -0.2) is 25.6 Å². The van der Waals surface area contributed by atoms with Crippen LogP contribution in [0.2, 0.25) is 0 Å². The van der Waals surface area contributed by atoms with Crippen LogP contribution in [0.5, 0.6) is 5.75 Å². The van der Waals surface area contributed by atoms with E-state index < -0.39 is 0 Å². The zero-order chi connectivity index (χ0) is 12.1. The highest BCUT2D eigenvalue weighted by atomic mass is 35.5. The van der Waals surface area contributed by atoms with Gasteiger partial charge in [0.2, 0.25) is 0 Å². The van der Waals surface area contributed by atoms with Gasteiger partial charge in [0.25, 0.3) is 0 Å². The number of rotatable bonds is 6. The van der Waals surface area contributed by atoms with Crippen molar-refractivity contribution in [2.45, 2.75) is 24.6 Å². The maximum atomic E-state index is 5.94. The van der Waals surface area contributed by atoms with E-state index in [1.807, 2.05) is 12.1 Å². The third-order valence-electron chi connectivity index (χ3n) is 3.36. The molecule has 0 radical (unpaired) electrons. The normalized spacial score (nSPS) is 23.2. The van der Waals surface area contributed by atoms with Crippen molar-refractivity contribution in [1.29, 1.82) is 0 Å². The molecule has 0 aromatic heterocycles. The molecular weight excluding hydrogens is 234 g/mol. The topological polar surface area (TPSA) is 21.3 Å². The number of alkyl halides is 1. The van der Waals surface area contributed by atoms with Gasteiger partial charge in [-0.1, -0.05) is 12.1 Å². The molecule has 0 saturated heterocycles. The summed E-state index contributed by atoms with van der Waals surface area (Å²) in [5, 5.41) is 3.93. The lowest BCUT2D eigenvalue weighted by molar-refractivity contribution is 0.310. The van der Waals surface area contributed by atoms with Gasteiger partial charge in [0.1, 0.15) is 5.75 Å². The van der Waals surface area contributed by atoms with Crippen molar-refractivity contribution in [2.75, 3.05) is 20.2 Å². The molecule has 2 nitrogen and oxygen atoms in total. The standard InChI is InChI=1S/C14H20ClNO/c1-17-14-4-2-11(3-5-14)6-7-16-10-12-8-13(15)9-12/h2-5,12-13,16H,6-10H2,1H3. The fourth-order valence-electron chi connectivity index (χ4n) is 2.15. The van der Waals surface area contributed by atoms with E-state index in [4.69, 9.17) is 16.3 Å². The van der Waals surface area contributed by atoms with Crippen molar-refractivity contribution in [3.05, 3.63) is 29.8 Å². The Labute approximate surface area is 108 Å². The molecule has 1 fully saturated rings. The molecule has 94 valence electrons. The molecule has 1 aromatic rings. The Morgan fingerprint density at radius 2 is 2.00 bits per heavy atom. The second kappa shape index (κ2) is 6.27. The van der Waals surface area contributed by atoms with Gasteiger partial charge in [0.15, 0.2) is 0 Å². The van der Waals surface area contributed by atoms with E-state index >= 15 is 0 Å². The molecule has 0 spiro atoms. The minimum Gasteiger partial charge on any atom is -0.497 e. The molecule has 1 aliphatic carbocycles. The third kappa shape index (κ3) is 3.90. The summed E-state index contributed by atoms with van der Waals surface area (Å²) in [6.45, 7) is 2.15. The highest BCUT2D eigenvalue weighted by Gasteiger charge is 2.26. The first-order chi connectivity index (χ1) is 8.28. The molecule has 0 amide bonds. The summed E-state index contributed by atoms with van der Waals surface area (Å²) >= 11 is 5.94. The van der Waals surface area contributed by atoms with Crippen LogP contribution < -0.4 is 10.1 Å². The Hall–Kier alpha value is -0.730. The Balaban J connectivity index is 1.61. The molecule has 1 N–H and O–H groups in total. The number of hydrogen-bond donors (Lipinski definition) is 1. The predicted octanol–water partition coefficient (Wildman–Crippen LogP) is 2.84.